The molecule has 3 aromatic carbocycles. The van der Waals surface area contributed by atoms with E-state index in [4.69, 9.17) is 0 Å². The summed E-state index contributed by atoms with van der Waals surface area (Å²) in [4.78, 5) is 0. The van der Waals surface area contributed by atoms with Crippen molar-refractivity contribution in [2.45, 2.75) is 13.8 Å². The summed E-state index contributed by atoms with van der Waals surface area (Å²) in [6.07, 6.45) is 4.15. The average molecular weight is 274 g/mol. The predicted molar refractivity (Wildman–Crippen MR) is 90.5 cm³/mol. The van der Waals surface area contributed by atoms with Gasteiger partial charge in [0, 0.05) is 0 Å². The average Bonchev–Trinajstić information content (AvgIpc) is 2.49. The standard InChI is InChI=1S/C20H18O/c1-14-11-18(15(2)20(21)12-14)10-8-16-7-9-17-5-3-4-6-19(17)13-16/h3-13,21H,1-2H3/b10-8+. The number of benzene rings is 3. The van der Waals surface area contributed by atoms with Crippen molar-refractivity contribution in [2.24, 2.45) is 0 Å². The van der Waals surface area contributed by atoms with E-state index in [2.05, 4.69) is 60.7 Å². The first-order chi connectivity index (χ1) is 10.1. The SMILES string of the molecule is Cc1cc(O)c(C)c(/C=C/c2ccc3ccccc3c2)c1. The van der Waals surface area contributed by atoms with Crippen LogP contribution in [0.1, 0.15) is 22.3 Å². The summed E-state index contributed by atoms with van der Waals surface area (Å²) in [7, 11) is 0. The first-order valence-corrected chi connectivity index (χ1v) is 7.10. The molecule has 3 rings (SSSR count). The summed E-state index contributed by atoms with van der Waals surface area (Å²) in [6.45, 7) is 3.93. The van der Waals surface area contributed by atoms with Gasteiger partial charge in [0.05, 0.1) is 0 Å². The Morgan fingerprint density at radius 2 is 1.57 bits per heavy atom. The quantitative estimate of drug-likeness (QED) is 0.626. The van der Waals surface area contributed by atoms with E-state index >= 15 is 0 Å². The molecule has 0 unspecified atom stereocenters. The normalized spacial score (nSPS) is 11.3. The van der Waals surface area contributed by atoms with Gasteiger partial charge in [-0.2, -0.15) is 0 Å². The van der Waals surface area contributed by atoms with Crippen molar-refractivity contribution in [1.82, 2.24) is 0 Å². The second kappa shape index (κ2) is 5.45. The van der Waals surface area contributed by atoms with E-state index in [1.807, 2.05) is 13.8 Å². The molecule has 0 saturated carbocycles. The lowest BCUT2D eigenvalue weighted by atomic mass is 10.0. The van der Waals surface area contributed by atoms with Crippen LogP contribution in [0.15, 0.2) is 54.6 Å². The molecule has 1 heteroatoms. The number of rotatable bonds is 2. The Balaban J connectivity index is 1.98. The summed E-state index contributed by atoms with van der Waals surface area (Å²) >= 11 is 0. The topological polar surface area (TPSA) is 20.2 Å². The molecule has 0 aliphatic heterocycles. The highest BCUT2D eigenvalue weighted by molar-refractivity contribution is 5.86. The largest absolute Gasteiger partial charge is 0.508 e. The third-order valence-electron chi connectivity index (χ3n) is 3.79. The van der Waals surface area contributed by atoms with Crippen molar-refractivity contribution >= 4 is 22.9 Å². The van der Waals surface area contributed by atoms with E-state index in [0.717, 1.165) is 22.3 Å². The van der Waals surface area contributed by atoms with E-state index in [9.17, 15) is 5.11 Å². The maximum Gasteiger partial charge on any atom is 0.119 e. The van der Waals surface area contributed by atoms with Crippen LogP contribution >= 0.6 is 0 Å². The molecule has 0 fully saturated rings. The Labute approximate surface area is 125 Å². The Morgan fingerprint density at radius 1 is 0.810 bits per heavy atom. The molecule has 3 aromatic rings. The highest BCUT2D eigenvalue weighted by atomic mass is 16.3. The maximum atomic E-state index is 9.89. The van der Waals surface area contributed by atoms with Crippen molar-refractivity contribution in [3.63, 3.8) is 0 Å². The smallest absolute Gasteiger partial charge is 0.119 e. The van der Waals surface area contributed by atoms with Crippen LogP contribution in [0, 0.1) is 13.8 Å². The van der Waals surface area contributed by atoms with Crippen molar-refractivity contribution in [2.75, 3.05) is 0 Å². The number of aryl methyl sites for hydroxylation is 1. The lowest BCUT2D eigenvalue weighted by molar-refractivity contribution is 0.470. The van der Waals surface area contributed by atoms with Gasteiger partial charge >= 0.3 is 0 Å². The van der Waals surface area contributed by atoms with Crippen LogP contribution < -0.4 is 0 Å². The van der Waals surface area contributed by atoms with Gasteiger partial charge in [0.2, 0.25) is 0 Å². The zero-order chi connectivity index (χ0) is 14.8. The van der Waals surface area contributed by atoms with Gasteiger partial charge in [-0.15, -0.1) is 0 Å². The molecule has 0 aromatic heterocycles. The molecular formula is C20H18O. The minimum atomic E-state index is 0.355. The Bertz CT molecular complexity index is 828. The van der Waals surface area contributed by atoms with Gasteiger partial charge in [-0.1, -0.05) is 54.6 Å². The summed E-state index contributed by atoms with van der Waals surface area (Å²) < 4.78 is 0. The maximum absolute atomic E-state index is 9.89. The Kier molecular flexibility index (Phi) is 3.49. The van der Waals surface area contributed by atoms with Crippen molar-refractivity contribution in [1.29, 1.82) is 0 Å². The minimum absolute atomic E-state index is 0.355. The highest BCUT2D eigenvalue weighted by Crippen LogP contribution is 2.24. The van der Waals surface area contributed by atoms with Crippen LogP contribution in [0.5, 0.6) is 5.75 Å². The molecule has 0 atom stereocenters. The summed E-state index contributed by atoms with van der Waals surface area (Å²) in [6, 6.07) is 18.7. The van der Waals surface area contributed by atoms with Crippen molar-refractivity contribution < 1.29 is 5.11 Å². The van der Waals surface area contributed by atoms with Crippen molar-refractivity contribution in [3.05, 3.63) is 76.9 Å². The number of hydrogen-bond donors (Lipinski definition) is 1. The van der Waals surface area contributed by atoms with Crippen LogP contribution in [0.3, 0.4) is 0 Å². The van der Waals surface area contributed by atoms with E-state index in [1.54, 1.807) is 6.07 Å². The molecule has 0 aliphatic rings. The third kappa shape index (κ3) is 2.82. The fourth-order valence-corrected chi connectivity index (χ4v) is 2.54. The predicted octanol–water partition coefficient (Wildman–Crippen LogP) is 5.33. The van der Waals surface area contributed by atoms with Gasteiger partial charge in [-0.05, 0) is 59.0 Å². The highest BCUT2D eigenvalue weighted by Gasteiger charge is 2.02. The number of phenols is 1. The molecule has 0 aliphatic carbocycles. The van der Waals surface area contributed by atoms with Gasteiger partial charge < -0.3 is 5.11 Å². The number of aromatic hydroxyl groups is 1. The number of phenolic OH excluding ortho intramolecular Hbond substituents is 1. The lowest BCUT2D eigenvalue weighted by Crippen LogP contribution is -1.84. The van der Waals surface area contributed by atoms with Crippen LogP contribution in [0.2, 0.25) is 0 Å². The van der Waals surface area contributed by atoms with Gasteiger partial charge in [-0.3, -0.25) is 0 Å². The molecule has 21 heavy (non-hydrogen) atoms. The van der Waals surface area contributed by atoms with E-state index in [0.29, 0.717) is 5.75 Å². The molecule has 0 radical (unpaired) electrons. The van der Waals surface area contributed by atoms with Crippen LogP contribution in [-0.4, -0.2) is 5.11 Å². The lowest BCUT2D eigenvalue weighted by Gasteiger charge is -2.05. The fourth-order valence-electron chi connectivity index (χ4n) is 2.54. The monoisotopic (exact) mass is 274 g/mol. The molecule has 1 N–H and O–H groups in total. The molecular weight excluding hydrogens is 256 g/mol. The zero-order valence-electron chi connectivity index (χ0n) is 12.3. The van der Waals surface area contributed by atoms with Gasteiger partial charge in [0.15, 0.2) is 0 Å². The molecule has 0 spiro atoms. The number of fused-ring (bicyclic) bond motifs is 1. The number of hydrogen-bond acceptors (Lipinski definition) is 1. The minimum Gasteiger partial charge on any atom is -0.508 e. The van der Waals surface area contributed by atoms with Crippen LogP contribution in [0.4, 0.5) is 0 Å². The summed E-state index contributed by atoms with van der Waals surface area (Å²) in [5.74, 6) is 0.355. The summed E-state index contributed by atoms with van der Waals surface area (Å²) in [5.41, 5.74) is 4.20. The molecule has 0 saturated heterocycles. The van der Waals surface area contributed by atoms with Crippen molar-refractivity contribution in [3.8, 4) is 5.75 Å². The molecule has 104 valence electrons. The Morgan fingerprint density at radius 3 is 2.38 bits per heavy atom. The van der Waals surface area contributed by atoms with E-state index in [-0.39, 0.29) is 0 Å². The fraction of sp³-hybridized carbons (Fsp3) is 0.100. The van der Waals surface area contributed by atoms with Gasteiger partial charge in [-0.25, -0.2) is 0 Å². The van der Waals surface area contributed by atoms with Crippen LogP contribution in [-0.2, 0) is 0 Å². The third-order valence-corrected chi connectivity index (χ3v) is 3.79. The molecule has 0 heterocycles. The first-order valence-electron chi connectivity index (χ1n) is 7.10. The molecule has 0 amide bonds. The zero-order valence-corrected chi connectivity index (χ0v) is 12.3. The van der Waals surface area contributed by atoms with E-state index < -0.39 is 0 Å². The van der Waals surface area contributed by atoms with Gasteiger partial charge in [0.25, 0.3) is 0 Å². The first kappa shape index (κ1) is 13.4. The van der Waals surface area contributed by atoms with E-state index in [1.165, 1.54) is 10.8 Å². The Hall–Kier alpha value is -2.54. The van der Waals surface area contributed by atoms with Crippen LogP contribution in [0.25, 0.3) is 22.9 Å². The summed E-state index contributed by atoms with van der Waals surface area (Å²) in [5, 5.41) is 12.4. The molecule has 1 nitrogen and oxygen atoms in total. The van der Waals surface area contributed by atoms with Gasteiger partial charge in [0.1, 0.15) is 5.75 Å². The second-order valence-electron chi connectivity index (χ2n) is 5.44. The second-order valence-corrected chi connectivity index (χ2v) is 5.44. The molecule has 0 bridgehead atoms.